The van der Waals surface area contributed by atoms with Gasteiger partial charge in [0.05, 0.1) is 11.6 Å². The minimum Gasteiger partial charge on any atom is -0.382 e. The van der Waals surface area contributed by atoms with E-state index in [-0.39, 0.29) is 0 Å². The number of rotatable bonds is 1. The molecular formula is C10H9N5. The molecule has 5 nitrogen and oxygen atoms in total. The van der Waals surface area contributed by atoms with Gasteiger partial charge in [-0.1, -0.05) is 12.1 Å². The first-order valence-corrected chi connectivity index (χ1v) is 4.31. The summed E-state index contributed by atoms with van der Waals surface area (Å²) in [5.41, 5.74) is 7.79. The molecule has 0 amide bonds. The number of nitriles is 1. The molecule has 5 heteroatoms. The maximum atomic E-state index is 8.64. The first-order chi connectivity index (χ1) is 7.22. The summed E-state index contributed by atoms with van der Waals surface area (Å²) in [6, 6.07) is 9.05. The Morgan fingerprint density at radius 2 is 1.93 bits per heavy atom. The monoisotopic (exact) mass is 199 g/mol. The van der Waals surface area contributed by atoms with Crippen LogP contribution in [0.1, 0.15) is 5.56 Å². The molecule has 0 aliphatic heterocycles. The van der Waals surface area contributed by atoms with Crippen LogP contribution in [-0.4, -0.2) is 9.66 Å². The normalized spacial score (nSPS) is 9.80. The lowest BCUT2D eigenvalue weighted by Gasteiger charge is -1.99. The molecule has 0 fully saturated rings. The van der Waals surface area contributed by atoms with Gasteiger partial charge in [0, 0.05) is 5.56 Å². The Morgan fingerprint density at radius 3 is 2.40 bits per heavy atom. The van der Waals surface area contributed by atoms with E-state index in [2.05, 4.69) is 4.98 Å². The van der Waals surface area contributed by atoms with Gasteiger partial charge in [-0.3, -0.25) is 0 Å². The Bertz CT molecular complexity index is 518. The van der Waals surface area contributed by atoms with Crippen LogP contribution in [0.3, 0.4) is 0 Å². The minimum absolute atomic E-state index is 0.403. The maximum Gasteiger partial charge on any atom is 0.150 e. The number of hydrogen-bond acceptors (Lipinski definition) is 4. The molecule has 0 radical (unpaired) electrons. The number of hydrogen-bond donors (Lipinski definition) is 2. The summed E-state index contributed by atoms with van der Waals surface area (Å²) in [6.45, 7) is 0. The van der Waals surface area contributed by atoms with Crippen LogP contribution in [0.4, 0.5) is 5.82 Å². The van der Waals surface area contributed by atoms with Crippen LogP contribution in [0.5, 0.6) is 0 Å². The van der Waals surface area contributed by atoms with Gasteiger partial charge in [-0.05, 0) is 12.1 Å². The van der Waals surface area contributed by atoms with Crippen molar-refractivity contribution in [2.24, 2.45) is 0 Å². The molecule has 4 N–H and O–H groups in total. The van der Waals surface area contributed by atoms with Crippen LogP contribution < -0.4 is 11.6 Å². The number of nitrogens with zero attached hydrogens (tertiary/aromatic N) is 3. The number of aromatic nitrogens is 2. The SMILES string of the molecule is N#Cc1ccc(-c2ncn(N)c2N)cc1. The van der Waals surface area contributed by atoms with Crippen LogP contribution in [0, 0.1) is 11.3 Å². The van der Waals surface area contributed by atoms with Crippen molar-refractivity contribution in [2.45, 2.75) is 0 Å². The van der Waals surface area contributed by atoms with Gasteiger partial charge in [0.25, 0.3) is 0 Å². The topological polar surface area (TPSA) is 93.6 Å². The Morgan fingerprint density at radius 1 is 1.27 bits per heavy atom. The molecule has 15 heavy (non-hydrogen) atoms. The van der Waals surface area contributed by atoms with Gasteiger partial charge >= 0.3 is 0 Å². The van der Waals surface area contributed by atoms with Crippen molar-refractivity contribution in [3.63, 3.8) is 0 Å². The summed E-state index contributed by atoms with van der Waals surface area (Å²) in [7, 11) is 0. The third-order valence-electron chi connectivity index (χ3n) is 2.12. The number of benzene rings is 1. The lowest BCUT2D eigenvalue weighted by molar-refractivity contribution is 1.01. The Labute approximate surface area is 86.5 Å². The number of anilines is 1. The third-order valence-corrected chi connectivity index (χ3v) is 2.12. The van der Waals surface area contributed by atoms with Gasteiger partial charge in [0.2, 0.25) is 0 Å². The summed E-state index contributed by atoms with van der Waals surface area (Å²) >= 11 is 0. The second-order valence-corrected chi connectivity index (χ2v) is 3.07. The summed E-state index contributed by atoms with van der Waals surface area (Å²) in [6.07, 6.45) is 1.45. The van der Waals surface area contributed by atoms with Crippen LogP contribution in [0.25, 0.3) is 11.3 Å². The quantitative estimate of drug-likeness (QED) is 0.661. The Balaban J connectivity index is 2.47. The van der Waals surface area contributed by atoms with Crippen molar-refractivity contribution in [3.8, 4) is 17.3 Å². The third kappa shape index (κ3) is 1.48. The highest BCUT2D eigenvalue weighted by Gasteiger charge is 2.07. The van der Waals surface area contributed by atoms with Gasteiger partial charge in [0.1, 0.15) is 17.8 Å². The predicted octanol–water partition coefficient (Wildman–Crippen LogP) is 0.718. The van der Waals surface area contributed by atoms with Crippen LogP contribution >= 0.6 is 0 Å². The zero-order valence-corrected chi connectivity index (χ0v) is 7.88. The molecule has 0 saturated carbocycles. The molecule has 0 spiro atoms. The van der Waals surface area contributed by atoms with Crippen molar-refractivity contribution in [2.75, 3.05) is 11.6 Å². The standard InChI is InChI=1S/C10H9N5/c11-5-7-1-3-8(4-2-7)9-10(12)15(13)6-14-9/h1-4,6H,12-13H2. The van der Waals surface area contributed by atoms with Crippen LogP contribution in [0.2, 0.25) is 0 Å². The first kappa shape index (κ1) is 9.09. The van der Waals surface area contributed by atoms with Gasteiger partial charge < -0.3 is 11.6 Å². The van der Waals surface area contributed by atoms with Gasteiger partial charge in [-0.2, -0.15) is 5.26 Å². The summed E-state index contributed by atoms with van der Waals surface area (Å²) < 4.78 is 1.26. The van der Waals surface area contributed by atoms with Crippen molar-refractivity contribution >= 4 is 5.82 Å². The van der Waals surface area contributed by atoms with E-state index in [0.29, 0.717) is 17.1 Å². The summed E-state index contributed by atoms with van der Waals surface area (Å²) in [5.74, 6) is 5.91. The second kappa shape index (κ2) is 3.35. The predicted molar refractivity (Wildman–Crippen MR) is 56.9 cm³/mol. The molecule has 74 valence electrons. The fraction of sp³-hybridized carbons (Fsp3) is 0. The maximum absolute atomic E-state index is 8.64. The molecule has 0 unspecified atom stereocenters. The van der Waals surface area contributed by atoms with Crippen molar-refractivity contribution in [1.82, 2.24) is 9.66 Å². The number of imidazole rings is 1. The summed E-state index contributed by atoms with van der Waals surface area (Å²) in [5, 5.41) is 8.64. The molecule has 0 atom stereocenters. The van der Waals surface area contributed by atoms with Crippen LogP contribution in [-0.2, 0) is 0 Å². The zero-order chi connectivity index (χ0) is 10.8. The smallest absolute Gasteiger partial charge is 0.150 e. The van der Waals surface area contributed by atoms with Gasteiger partial charge in [0.15, 0.2) is 0 Å². The molecule has 1 aromatic carbocycles. The van der Waals surface area contributed by atoms with Crippen LogP contribution in [0.15, 0.2) is 30.6 Å². The van der Waals surface area contributed by atoms with E-state index < -0.39 is 0 Å². The highest BCUT2D eigenvalue weighted by Crippen LogP contribution is 2.22. The van der Waals surface area contributed by atoms with Crippen molar-refractivity contribution in [1.29, 1.82) is 5.26 Å². The van der Waals surface area contributed by atoms with E-state index in [4.69, 9.17) is 16.8 Å². The Hall–Kier alpha value is -2.48. The molecule has 0 saturated heterocycles. The average Bonchev–Trinajstić information content (AvgIpc) is 2.60. The second-order valence-electron chi connectivity index (χ2n) is 3.07. The molecular weight excluding hydrogens is 190 g/mol. The molecule has 2 aromatic rings. The van der Waals surface area contributed by atoms with E-state index in [1.807, 2.05) is 6.07 Å². The number of nitrogens with two attached hydrogens (primary N) is 2. The summed E-state index contributed by atoms with van der Waals surface area (Å²) in [4.78, 5) is 4.07. The molecule has 0 bridgehead atoms. The highest BCUT2D eigenvalue weighted by atomic mass is 15.3. The number of nitrogen functional groups attached to an aromatic ring is 2. The van der Waals surface area contributed by atoms with E-state index in [1.165, 1.54) is 11.0 Å². The average molecular weight is 199 g/mol. The molecule has 1 heterocycles. The van der Waals surface area contributed by atoms with Gasteiger partial charge in [-0.15, -0.1) is 0 Å². The largest absolute Gasteiger partial charge is 0.382 e. The fourth-order valence-corrected chi connectivity index (χ4v) is 1.30. The first-order valence-electron chi connectivity index (χ1n) is 4.31. The van der Waals surface area contributed by atoms with E-state index >= 15 is 0 Å². The fourth-order valence-electron chi connectivity index (χ4n) is 1.30. The van der Waals surface area contributed by atoms with E-state index in [0.717, 1.165) is 5.56 Å². The molecule has 0 aliphatic rings. The Kier molecular flexibility index (Phi) is 2.03. The van der Waals surface area contributed by atoms with Crippen molar-refractivity contribution < 1.29 is 0 Å². The molecule has 0 aliphatic carbocycles. The highest BCUT2D eigenvalue weighted by molar-refractivity contribution is 5.70. The van der Waals surface area contributed by atoms with E-state index in [1.54, 1.807) is 24.3 Å². The van der Waals surface area contributed by atoms with Crippen molar-refractivity contribution in [3.05, 3.63) is 36.2 Å². The van der Waals surface area contributed by atoms with E-state index in [9.17, 15) is 0 Å². The zero-order valence-electron chi connectivity index (χ0n) is 7.88. The molecule has 2 rings (SSSR count). The lowest BCUT2D eigenvalue weighted by Crippen LogP contribution is -2.09. The van der Waals surface area contributed by atoms with Gasteiger partial charge in [-0.25, -0.2) is 9.66 Å². The lowest BCUT2D eigenvalue weighted by atomic mass is 10.1. The minimum atomic E-state index is 0.403. The molecule has 1 aromatic heterocycles.